The van der Waals surface area contributed by atoms with E-state index in [9.17, 15) is 9.59 Å². The van der Waals surface area contributed by atoms with Crippen molar-refractivity contribution < 1.29 is 9.59 Å². The number of hydrogen-bond acceptors (Lipinski definition) is 4. The topological polar surface area (TPSA) is 52.7 Å². The summed E-state index contributed by atoms with van der Waals surface area (Å²) in [6.07, 6.45) is 6.19. The molecule has 2 amide bonds. The second-order valence-corrected chi connectivity index (χ2v) is 8.52. The molecule has 144 valence electrons. The first-order valence-corrected chi connectivity index (χ1v) is 10.9. The lowest BCUT2D eigenvalue weighted by Gasteiger charge is -2.37. The van der Waals surface area contributed by atoms with Crippen molar-refractivity contribution in [2.24, 2.45) is 5.92 Å². The molecule has 2 aliphatic rings. The van der Waals surface area contributed by atoms with Crippen LogP contribution in [0.2, 0.25) is 0 Å². The second-order valence-electron chi connectivity index (χ2n) is 7.49. The lowest BCUT2D eigenvalue weighted by molar-refractivity contribution is -0.138. The number of rotatable bonds is 6. The molecule has 0 aliphatic carbocycles. The van der Waals surface area contributed by atoms with Gasteiger partial charge in [0.15, 0.2) is 0 Å². The fraction of sp³-hybridized carbons (Fsp3) is 0.700. The standard InChI is InChI=1S/C20H31N3O2S/c1-16(19(24)21-10-7-18-6-5-15-26-18)22-13-8-17(9-14-22)20(25)23-11-3-2-4-12-23/h5-6,15-17H,2-4,7-14H2,1H3,(H,21,24). The molecule has 5 nitrogen and oxygen atoms in total. The summed E-state index contributed by atoms with van der Waals surface area (Å²) >= 11 is 1.73. The van der Waals surface area contributed by atoms with Crippen molar-refractivity contribution in [3.8, 4) is 0 Å². The third-order valence-electron chi connectivity index (χ3n) is 5.72. The predicted molar refractivity (Wildman–Crippen MR) is 105 cm³/mol. The van der Waals surface area contributed by atoms with E-state index in [1.54, 1.807) is 11.3 Å². The van der Waals surface area contributed by atoms with E-state index in [4.69, 9.17) is 0 Å². The van der Waals surface area contributed by atoms with Crippen molar-refractivity contribution in [3.63, 3.8) is 0 Å². The molecule has 6 heteroatoms. The van der Waals surface area contributed by atoms with Crippen LogP contribution in [0.3, 0.4) is 0 Å². The van der Waals surface area contributed by atoms with Crippen LogP contribution in [0.1, 0.15) is 43.9 Å². The minimum Gasteiger partial charge on any atom is -0.354 e. The van der Waals surface area contributed by atoms with Gasteiger partial charge >= 0.3 is 0 Å². The Bertz CT molecular complexity index is 576. The zero-order valence-corrected chi connectivity index (χ0v) is 16.6. The molecule has 1 N–H and O–H groups in total. The summed E-state index contributed by atoms with van der Waals surface area (Å²) < 4.78 is 0. The third kappa shape index (κ3) is 5.07. The molecule has 0 aromatic carbocycles. The number of amides is 2. The Kier molecular flexibility index (Phi) is 7.08. The smallest absolute Gasteiger partial charge is 0.237 e. The Labute approximate surface area is 160 Å². The van der Waals surface area contributed by atoms with Crippen LogP contribution in [0.25, 0.3) is 0 Å². The van der Waals surface area contributed by atoms with Gasteiger partial charge in [-0.2, -0.15) is 0 Å². The van der Waals surface area contributed by atoms with Crippen molar-refractivity contribution in [2.75, 3.05) is 32.7 Å². The van der Waals surface area contributed by atoms with Gasteiger partial charge in [0.25, 0.3) is 0 Å². The zero-order valence-electron chi connectivity index (χ0n) is 15.8. The van der Waals surface area contributed by atoms with Crippen molar-refractivity contribution in [1.29, 1.82) is 0 Å². The number of nitrogens with one attached hydrogen (secondary N) is 1. The molecule has 26 heavy (non-hydrogen) atoms. The number of likely N-dealkylation sites (tertiary alicyclic amines) is 2. The van der Waals surface area contributed by atoms with Gasteiger partial charge in [0, 0.05) is 30.4 Å². The Hall–Kier alpha value is -1.40. The highest BCUT2D eigenvalue weighted by molar-refractivity contribution is 7.09. The summed E-state index contributed by atoms with van der Waals surface area (Å²) in [5, 5.41) is 5.12. The molecule has 2 fully saturated rings. The van der Waals surface area contributed by atoms with Crippen molar-refractivity contribution >= 4 is 23.2 Å². The molecule has 2 aliphatic heterocycles. The lowest BCUT2D eigenvalue weighted by atomic mass is 9.93. The van der Waals surface area contributed by atoms with Crippen LogP contribution in [0, 0.1) is 5.92 Å². The molecule has 1 unspecified atom stereocenters. The van der Waals surface area contributed by atoms with E-state index in [2.05, 4.69) is 26.6 Å². The second kappa shape index (κ2) is 9.51. The summed E-state index contributed by atoms with van der Waals surface area (Å²) in [4.78, 5) is 30.6. The fourth-order valence-corrected chi connectivity index (χ4v) is 4.69. The quantitative estimate of drug-likeness (QED) is 0.829. The first-order chi connectivity index (χ1) is 12.6. The molecular formula is C20H31N3O2S. The molecule has 3 rings (SSSR count). The fourth-order valence-electron chi connectivity index (χ4n) is 3.98. The highest BCUT2D eigenvalue weighted by Crippen LogP contribution is 2.23. The molecule has 0 spiro atoms. The van der Waals surface area contributed by atoms with Crippen molar-refractivity contribution in [3.05, 3.63) is 22.4 Å². The first kappa shape index (κ1) is 19.4. The van der Waals surface area contributed by atoms with E-state index in [1.807, 2.05) is 13.0 Å². The lowest BCUT2D eigenvalue weighted by Crippen LogP contribution is -2.50. The maximum absolute atomic E-state index is 12.6. The Morgan fingerprint density at radius 1 is 1.19 bits per heavy atom. The number of carbonyl (C=O) groups is 2. The average molecular weight is 378 g/mol. The summed E-state index contributed by atoms with van der Waals surface area (Å²) in [6.45, 7) is 6.21. The molecule has 3 heterocycles. The number of thiophene rings is 1. The zero-order chi connectivity index (χ0) is 18.4. The van der Waals surface area contributed by atoms with E-state index in [1.165, 1.54) is 11.3 Å². The van der Waals surface area contributed by atoms with Crippen LogP contribution in [0.15, 0.2) is 17.5 Å². The molecular weight excluding hydrogens is 346 g/mol. The van der Waals surface area contributed by atoms with Crippen LogP contribution in [0.5, 0.6) is 0 Å². The third-order valence-corrected chi connectivity index (χ3v) is 6.66. The predicted octanol–water partition coefficient (Wildman–Crippen LogP) is 2.52. The van der Waals surface area contributed by atoms with Crippen LogP contribution >= 0.6 is 11.3 Å². The van der Waals surface area contributed by atoms with E-state index in [0.29, 0.717) is 12.5 Å². The molecule has 1 aromatic rings. The first-order valence-electron chi connectivity index (χ1n) is 9.98. The summed E-state index contributed by atoms with van der Waals surface area (Å²) in [6, 6.07) is 4.02. The molecule has 2 saturated heterocycles. The molecule has 1 aromatic heterocycles. The van der Waals surface area contributed by atoms with Gasteiger partial charge in [-0.1, -0.05) is 6.07 Å². The van der Waals surface area contributed by atoms with E-state index < -0.39 is 0 Å². The van der Waals surface area contributed by atoms with Gasteiger partial charge in [0.2, 0.25) is 11.8 Å². The van der Waals surface area contributed by atoms with E-state index in [-0.39, 0.29) is 17.9 Å². The van der Waals surface area contributed by atoms with Gasteiger partial charge in [0.1, 0.15) is 0 Å². The summed E-state index contributed by atoms with van der Waals surface area (Å²) in [7, 11) is 0. The van der Waals surface area contributed by atoms with E-state index in [0.717, 1.165) is 58.3 Å². The van der Waals surface area contributed by atoms with E-state index >= 15 is 0 Å². The normalized spacial score (nSPS) is 20.7. The number of piperidine rings is 2. The Balaban J connectivity index is 1.39. The number of nitrogens with zero attached hydrogens (tertiary/aromatic N) is 2. The van der Waals surface area contributed by atoms with Gasteiger partial charge in [-0.15, -0.1) is 11.3 Å². The highest BCUT2D eigenvalue weighted by Gasteiger charge is 2.32. The summed E-state index contributed by atoms with van der Waals surface area (Å²) in [5.74, 6) is 0.596. The molecule has 0 radical (unpaired) electrons. The number of hydrogen-bond donors (Lipinski definition) is 1. The average Bonchev–Trinajstić information content (AvgIpc) is 3.21. The van der Waals surface area contributed by atoms with Crippen LogP contribution in [0.4, 0.5) is 0 Å². The molecule has 1 atom stereocenters. The van der Waals surface area contributed by atoms with Crippen LogP contribution < -0.4 is 5.32 Å². The summed E-state index contributed by atoms with van der Waals surface area (Å²) in [5.41, 5.74) is 0. The van der Waals surface area contributed by atoms with Gasteiger partial charge in [-0.05, 0) is 70.0 Å². The molecule has 0 bridgehead atoms. The maximum atomic E-state index is 12.6. The number of carbonyl (C=O) groups excluding carboxylic acids is 2. The van der Waals surface area contributed by atoms with Gasteiger partial charge in [-0.25, -0.2) is 0 Å². The van der Waals surface area contributed by atoms with Gasteiger partial charge in [-0.3, -0.25) is 14.5 Å². The monoisotopic (exact) mass is 377 g/mol. The van der Waals surface area contributed by atoms with Gasteiger partial charge < -0.3 is 10.2 Å². The largest absolute Gasteiger partial charge is 0.354 e. The Morgan fingerprint density at radius 2 is 1.92 bits per heavy atom. The van der Waals surface area contributed by atoms with Gasteiger partial charge in [0.05, 0.1) is 6.04 Å². The molecule has 0 saturated carbocycles. The van der Waals surface area contributed by atoms with Crippen LogP contribution in [-0.2, 0) is 16.0 Å². The highest BCUT2D eigenvalue weighted by atomic mass is 32.1. The van der Waals surface area contributed by atoms with Crippen molar-refractivity contribution in [2.45, 2.75) is 51.5 Å². The Morgan fingerprint density at radius 3 is 2.58 bits per heavy atom. The SMILES string of the molecule is CC(C(=O)NCCc1cccs1)N1CCC(C(=O)N2CCCCC2)CC1. The van der Waals surface area contributed by atoms with Crippen LogP contribution in [-0.4, -0.2) is 60.4 Å². The van der Waals surface area contributed by atoms with Crippen molar-refractivity contribution in [1.82, 2.24) is 15.1 Å². The minimum atomic E-state index is -0.121. The minimum absolute atomic E-state index is 0.0994. The maximum Gasteiger partial charge on any atom is 0.237 e.